The summed E-state index contributed by atoms with van der Waals surface area (Å²) in [5, 5.41) is 6.52. The second-order valence-electron chi connectivity index (χ2n) is 0.468. The summed E-state index contributed by atoms with van der Waals surface area (Å²) in [6.07, 6.45) is -5.00. The molecule has 0 aromatic heterocycles. The van der Waals surface area contributed by atoms with Crippen LogP contribution in [0.4, 0.5) is 13.2 Å². The Morgan fingerprint density at radius 3 is 1.17 bits per heavy atom. The molecule has 0 heterocycles. The second kappa shape index (κ2) is 3.40. The molecule has 1 N–H and O–H groups in total. The maximum absolute atomic E-state index is 9.91. The molecule has 0 saturated carbocycles. The second-order valence-corrected chi connectivity index (χ2v) is 0.468. The first-order chi connectivity index (χ1) is 2.00. The van der Waals surface area contributed by atoms with Crippen LogP contribution in [0.1, 0.15) is 0 Å². The number of aliphatic hydroxyl groups is 1. The molecule has 0 aliphatic heterocycles. The first-order valence-corrected chi connectivity index (χ1v) is 0.791. The van der Waals surface area contributed by atoms with E-state index in [-0.39, 0.29) is 51.4 Å². The van der Waals surface area contributed by atoms with Gasteiger partial charge in [-0.1, -0.05) is 0 Å². The van der Waals surface area contributed by atoms with Gasteiger partial charge in [0.25, 0.3) is 0 Å². The minimum absolute atomic E-state index is 0. The van der Waals surface area contributed by atoms with Gasteiger partial charge in [-0.3, -0.25) is 0 Å². The standard InChI is InChI=1S/CHF3O.K.H/c2-1(3,4)5;;/h5H;;. The molecule has 0 amide bonds. The summed E-state index contributed by atoms with van der Waals surface area (Å²) in [6, 6.07) is 0. The van der Waals surface area contributed by atoms with Crippen LogP contribution in [-0.2, 0) is 0 Å². The van der Waals surface area contributed by atoms with Crippen LogP contribution in [0.5, 0.6) is 0 Å². The summed E-state index contributed by atoms with van der Waals surface area (Å²) in [6.45, 7) is 0. The van der Waals surface area contributed by atoms with Crippen molar-refractivity contribution in [1.29, 1.82) is 0 Å². The van der Waals surface area contributed by atoms with E-state index in [9.17, 15) is 13.2 Å². The van der Waals surface area contributed by atoms with Gasteiger partial charge >= 0.3 is 57.7 Å². The molecule has 6 heavy (non-hydrogen) atoms. The van der Waals surface area contributed by atoms with E-state index in [1.807, 2.05) is 0 Å². The van der Waals surface area contributed by atoms with Gasteiger partial charge in [0, 0.05) is 0 Å². The van der Waals surface area contributed by atoms with Crippen LogP contribution in [0.2, 0.25) is 0 Å². The number of rotatable bonds is 0. The molecule has 0 spiro atoms. The molecule has 1 nitrogen and oxygen atoms in total. The molecule has 0 unspecified atom stereocenters. The van der Waals surface area contributed by atoms with Gasteiger partial charge in [0.05, 0.1) is 0 Å². The van der Waals surface area contributed by atoms with Crippen molar-refractivity contribution in [2.45, 2.75) is 6.36 Å². The predicted octanol–water partition coefficient (Wildman–Crippen LogP) is -0.150. The van der Waals surface area contributed by atoms with E-state index < -0.39 is 6.36 Å². The van der Waals surface area contributed by atoms with Crippen molar-refractivity contribution in [2.24, 2.45) is 0 Å². The van der Waals surface area contributed by atoms with Crippen LogP contribution >= 0.6 is 0 Å². The fourth-order valence-electron chi connectivity index (χ4n) is 0. The minimum atomic E-state index is -5.00. The zero-order valence-electron chi connectivity index (χ0n) is 2.08. The van der Waals surface area contributed by atoms with E-state index in [2.05, 4.69) is 0 Å². The Bertz CT molecular complexity index is 26.3. The summed E-state index contributed by atoms with van der Waals surface area (Å²) in [5.74, 6) is 0. The van der Waals surface area contributed by atoms with Crippen molar-refractivity contribution < 1.29 is 18.3 Å². The van der Waals surface area contributed by atoms with Gasteiger partial charge in [0.15, 0.2) is 0 Å². The molecule has 0 bridgehead atoms. The van der Waals surface area contributed by atoms with Crippen LogP contribution in [0.15, 0.2) is 0 Å². The van der Waals surface area contributed by atoms with Crippen LogP contribution < -0.4 is 0 Å². The summed E-state index contributed by atoms with van der Waals surface area (Å²) in [4.78, 5) is 0. The summed E-state index contributed by atoms with van der Waals surface area (Å²) in [5.41, 5.74) is 0. The Labute approximate surface area is 75.0 Å². The van der Waals surface area contributed by atoms with E-state index in [1.165, 1.54) is 0 Å². The van der Waals surface area contributed by atoms with Crippen LogP contribution in [-0.4, -0.2) is 62.9 Å². The first kappa shape index (κ1) is 10.4. The van der Waals surface area contributed by atoms with Gasteiger partial charge in [0.2, 0.25) is 0 Å². The first-order valence-electron chi connectivity index (χ1n) is 0.791. The van der Waals surface area contributed by atoms with E-state index in [4.69, 9.17) is 5.11 Å². The normalized spacial score (nSPS) is 10.0. The van der Waals surface area contributed by atoms with Crippen molar-refractivity contribution in [3.05, 3.63) is 0 Å². The van der Waals surface area contributed by atoms with E-state index in [0.717, 1.165) is 0 Å². The average molecular weight is 126 g/mol. The molecule has 0 aromatic carbocycles. The SMILES string of the molecule is OC(F)(F)F.[KH]. The van der Waals surface area contributed by atoms with Gasteiger partial charge in [-0.25, -0.2) is 0 Å². The molecule has 0 atom stereocenters. The van der Waals surface area contributed by atoms with Gasteiger partial charge in [-0.05, 0) is 0 Å². The number of alkyl halides is 3. The topological polar surface area (TPSA) is 20.2 Å². The molecule has 0 aliphatic rings. The third-order valence-electron chi connectivity index (χ3n) is 0. The summed E-state index contributed by atoms with van der Waals surface area (Å²) >= 11 is 0. The fraction of sp³-hybridized carbons (Fsp3) is 1.00. The number of hydrogen-bond acceptors (Lipinski definition) is 1. The zero-order chi connectivity index (χ0) is 4.50. The quantitative estimate of drug-likeness (QED) is 0.447. The van der Waals surface area contributed by atoms with Crippen LogP contribution in [0, 0.1) is 0 Å². The Morgan fingerprint density at radius 1 is 1.17 bits per heavy atom. The molecular formula is CH2F3KO. The van der Waals surface area contributed by atoms with Crippen molar-refractivity contribution in [1.82, 2.24) is 0 Å². The fourth-order valence-corrected chi connectivity index (χ4v) is 0. The van der Waals surface area contributed by atoms with E-state index in [0.29, 0.717) is 0 Å². The van der Waals surface area contributed by atoms with E-state index in [1.54, 1.807) is 0 Å². The Hall–Kier alpha value is 1.39. The van der Waals surface area contributed by atoms with Crippen molar-refractivity contribution in [2.75, 3.05) is 0 Å². The zero-order valence-corrected chi connectivity index (χ0v) is 2.08. The molecule has 0 saturated heterocycles. The molecular weight excluding hydrogens is 124 g/mol. The van der Waals surface area contributed by atoms with Gasteiger partial charge in [-0.2, -0.15) is 0 Å². The van der Waals surface area contributed by atoms with E-state index >= 15 is 0 Å². The van der Waals surface area contributed by atoms with Crippen LogP contribution in [0.3, 0.4) is 0 Å². The number of halogens is 3. The predicted molar refractivity (Wildman–Crippen MR) is 15.4 cm³/mol. The third-order valence-corrected chi connectivity index (χ3v) is 0. The maximum atomic E-state index is 9.91. The van der Waals surface area contributed by atoms with Crippen molar-refractivity contribution >= 4 is 51.4 Å². The summed E-state index contributed by atoms with van der Waals surface area (Å²) in [7, 11) is 0. The third kappa shape index (κ3) is 53.9. The molecule has 5 heteroatoms. The van der Waals surface area contributed by atoms with Crippen LogP contribution in [0.25, 0.3) is 0 Å². The molecule has 0 fully saturated rings. The van der Waals surface area contributed by atoms with Gasteiger partial charge in [0.1, 0.15) is 0 Å². The molecule has 0 aromatic rings. The summed E-state index contributed by atoms with van der Waals surface area (Å²) < 4.78 is 29.7. The molecule has 0 radical (unpaired) electrons. The monoisotopic (exact) mass is 126 g/mol. The van der Waals surface area contributed by atoms with Gasteiger partial charge in [-0.15, -0.1) is 13.2 Å². The van der Waals surface area contributed by atoms with Crippen molar-refractivity contribution in [3.63, 3.8) is 0 Å². The molecule has 0 aliphatic carbocycles. The van der Waals surface area contributed by atoms with Gasteiger partial charge < -0.3 is 5.11 Å². The van der Waals surface area contributed by atoms with Crippen molar-refractivity contribution in [3.8, 4) is 0 Å². The average Bonchev–Trinajstić information content (AvgIpc) is 0.722. The Morgan fingerprint density at radius 2 is 1.17 bits per heavy atom. The Balaban J connectivity index is 0. The number of hydrogen-bond donors (Lipinski definition) is 1. The molecule has 34 valence electrons. The Kier molecular flexibility index (Phi) is 5.88. The molecule has 0 rings (SSSR count).